The van der Waals surface area contributed by atoms with Crippen molar-refractivity contribution in [1.29, 1.82) is 0 Å². The number of hydrogen-bond donors (Lipinski definition) is 0. The van der Waals surface area contributed by atoms with Gasteiger partial charge in [0.15, 0.2) is 0 Å². The molecular formula is C23H27N5O. The number of carbonyl (C=O) groups excluding carboxylic acids is 1. The number of aromatic nitrogens is 3. The van der Waals surface area contributed by atoms with Gasteiger partial charge in [0, 0.05) is 49.9 Å². The Morgan fingerprint density at radius 1 is 1.14 bits per heavy atom. The second kappa shape index (κ2) is 6.95. The Balaban J connectivity index is 1.62. The molecule has 0 unspecified atom stereocenters. The van der Waals surface area contributed by atoms with Crippen molar-refractivity contribution in [3.63, 3.8) is 0 Å². The van der Waals surface area contributed by atoms with Crippen LogP contribution in [0, 0.1) is 13.8 Å². The second-order valence-corrected chi connectivity index (χ2v) is 8.52. The highest BCUT2D eigenvalue weighted by Crippen LogP contribution is 2.30. The molecule has 1 aromatic carbocycles. The summed E-state index contributed by atoms with van der Waals surface area (Å²) in [6, 6.07) is 6.71. The molecule has 29 heavy (non-hydrogen) atoms. The molecule has 4 heterocycles. The fourth-order valence-electron chi connectivity index (χ4n) is 4.91. The second-order valence-electron chi connectivity index (χ2n) is 8.52. The summed E-state index contributed by atoms with van der Waals surface area (Å²) in [4.78, 5) is 23.2. The average Bonchev–Trinajstić information content (AvgIpc) is 3.35. The fourth-order valence-corrected chi connectivity index (χ4v) is 4.91. The molecule has 2 fully saturated rings. The number of amides is 1. The van der Waals surface area contributed by atoms with Crippen LogP contribution in [0.5, 0.6) is 0 Å². The molecule has 2 aromatic heterocycles. The molecule has 2 aliphatic heterocycles. The smallest absolute Gasteiger partial charge is 0.254 e. The molecule has 0 N–H and O–H groups in total. The van der Waals surface area contributed by atoms with Gasteiger partial charge in [0.05, 0.1) is 23.0 Å². The maximum atomic E-state index is 13.7. The van der Waals surface area contributed by atoms with Gasteiger partial charge in [-0.1, -0.05) is 11.6 Å². The highest BCUT2D eigenvalue weighted by atomic mass is 16.2. The molecule has 0 aliphatic carbocycles. The van der Waals surface area contributed by atoms with Crippen LogP contribution in [0.4, 0.5) is 0 Å². The largest absolute Gasteiger partial charge is 0.336 e. The van der Waals surface area contributed by atoms with Gasteiger partial charge in [0.2, 0.25) is 0 Å². The summed E-state index contributed by atoms with van der Waals surface area (Å²) < 4.78 is 1.77. The van der Waals surface area contributed by atoms with E-state index in [0.717, 1.165) is 58.5 Å². The third-order valence-electron chi connectivity index (χ3n) is 6.35. The molecule has 0 radical (unpaired) electrons. The van der Waals surface area contributed by atoms with E-state index in [2.05, 4.69) is 36.0 Å². The van der Waals surface area contributed by atoms with E-state index in [9.17, 15) is 4.79 Å². The average molecular weight is 390 g/mol. The van der Waals surface area contributed by atoms with Crippen LogP contribution in [-0.2, 0) is 7.05 Å². The van der Waals surface area contributed by atoms with Gasteiger partial charge in [-0.3, -0.25) is 14.4 Å². The highest BCUT2D eigenvalue weighted by Gasteiger charge is 2.33. The molecule has 0 bridgehead atoms. The van der Waals surface area contributed by atoms with Gasteiger partial charge >= 0.3 is 0 Å². The van der Waals surface area contributed by atoms with Crippen LogP contribution in [0.3, 0.4) is 0 Å². The molecule has 1 atom stereocenters. The normalized spacial score (nSPS) is 19.7. The number of piperazine rings is 1. The van der Waals surface area contributed by atoms with E-state index in [4.69, 9.17) is 4.98 Å². The Labute approximate surface area is 171 Å². The lowest BCUT2D eigenvalue weighted by molar-refractivity contribution is 0.0573. The minimum absolute atomic E-state index is 0.124. The summed E-state index contributed by atoms with van der Waals surface area (Å²) in [5.41, 5.74) is 5.65. The van der Waals surface area contributed by atoms with Gasteiger partial charge in [-0.2, -0.15) is 5.10 Å². The van der Waals surface area contributed by atoms with Gasteiger partial charge in [-0.15, -0.1) is 0 Å². The fraction of sp³-hybridized carbons (Fsp3) is 0.435. The number of pyridine rings is 1. The Hall–Kier alpha value is -2.73. The van der Waals surface area contributed by atoms with E-state index >= 15 is 0 Å². The topological polar surface area (TPSA) is 54.3 Å². The number of hydrogen-bond acceptors (Lipinski definition) is 4. The molecule has 1 amide bonds. The third kappa shape index (κ3) is 3.21. The van der Waals surface area contributed by atoms with Crippen molar-refractivity contribution < 1.29 is 4.79 Å². The van der Waals surface area contributed by atoms with Gasteiger partial charge in [-0.05, 0) is 50.9 Å². The van der Waals surface area contributed by atoms with Crippen molar-refractivity contribution in [1.82, 2.24) is 24.6 Å². The maximum Gasteiger partial charge on any atom is 0.254 e. The van der Waals surface area contributed by atoms with Crippen molar-refractivity contribution in [3.05, 3.63) is 47.3 Å². The van der Waals surface area contributed by atoms with Crippen LogP contribution < -0.4 is 0 Å². The van der Waals surface area contributed by atoms with E-state index in [0.29, 0.717) is 6.04 Å². The van der Waals surface area contributed by atoms with Crippen LogP contribution in [0.15, 0.2) is 30.6 Å². The van der Waals surface area contributed by atoms with Crippen molar-refractivity contribution >= 4 is 16.8 Å². The monoisotopic (exact) mass is 389 g/mol. The zero-order chi connectivity index (χ0) is 20.1. The molecule has 6 nitrogen and oxygen atoms in total. The molecular weight excluding hydrogens is 362 g/mol. The van der Waals surface area contributed by atoms with Crippen molar-refractivity contribution in [2.75, 3.05) is 26.2 Å². The zero-order valence-corrected chi connectivity index (χ0v) is 17.4. The zero-order valence-electron chi connectivity index (χ0n) is 17.4. The van der Waals surface area contributed by atoms with Gasteiger partial charge in [0.25, 0.3) is 5.91 Å². The molecule has 150 valence electrons. The molecule has 3 aromatic rings. The van der Waals surface area contributed by atoms with E-state index in [-0.39, 0.29) is 5.91 Å². The predicted molar refractivity (Wildman–Crippen MR) is 114 cm³/mol. The Morgan fingerprint density at radius 2 is 2.00 bits per heavy atom. The van der Waals surface area contributed by atoms with Gasteiger partial charge in [-0.25, -0.2) is 4.98 Å². The minimum atomic E-state index is 0.124. The van der Waals surface area contributed by atoms with Crippen molar-refractivity contribution in [2.45, 2.75) is 32.7 Å². The number of fused-ring (bicyclic) bond motifs is 2. The van der Waals surface area contributed by atoms with E-state index in [1.165, 1.54) is 19.4 Å². The van der Waals surface area contributed by atoms with E-state index in [1.807, 2.05) is 30.4 Å². The summed E-state index contributed by atoms with van der Waals surface area (Å²) >= 11 is 0. The third-order valence-corrected chi connectivity index (χ3v) is 6.35. The van der Waals surface area contributed by atoms with Crippen molar-refractivity contribution in [3.8, 4) is 11.3 Å². The summed E-state index contributed by atoms with van der Waals surface area (Å²) in [6.07, 6.45) is 6.20. The maximum absolute atomic E-state index is 13.7. The SMILES string of the molecule is Cc1cc(C)c2nc(-c3cnn(C)c3)cc(C(=O)N3CCN4CCC[C@H]4C3)c2c1. The predicted octanol–water partition coefficient (Wildman–Crippen LogP) is 3.17. The summed E-state index contributed by atoms with van der Waals surface area (Å²) in [7, 11) is 1.90. The van der Waals surface area contributed by atoms with E-state index < -0.39 is 0 Å². The first kappa shape index (κ1) is 18.3. The quantitative estimate of drug-likeness (QED) is 0.676. The summed E-state index contributed by atoms with van der Waals surface area (Å²) in [5.74, 6) is 0.124. The van der Waals surface area contributed by atoms with Gasteiger partial charge < -0.3 is 4.90 Å². The molecule has 2 saturated heterocycles. The van der Waals surface area contributed by atoms with Crippen LogP contribution in [0.2, 0.25) is 0 Å². The standard InChI is InChI=1S/C23H27N5O/c1-15-9-16(2)22-19(10-15)20(11-21(25-22)17-12-24-26(3)13-17)23(29)28-8-7-27-6-4-5-18(27)14-28/h9-13,18H,4-8,14H2,1-3H3/t18-/m0/s1. The first-order chi connectivity index (χ1) is 14.0. The molecule has 6 heteroatoms. The number of benzene rings is 1. The first-order valence-electron chi connectivity index (χ1n) is 10.4. The molecule has 5 rings (SSSR count). The lowest BCUT2D eigenvalue weighted by Gasteiger charge is -2.37. The number of rotatable bonds is 2. The number of carbonyl (C=O) groups is 1. The van der Waals surface area contributed by atoms with Crippen LogP contribution in [-0.4, -0.2) is 62.7 Å². The van der Waals surface area contributed by atoms with Crippen LogP contribution in [0.1, 0.15) is 34.3 Å². The van der Waals surface area contributed by atoms with Crippen LogP contribution in [0.25, 0.3) is 22.2 Å². The lowest BCUT2D eigenvalue weighted by atomic mass is 9.99. The highest BCUT2D eigenvalue weighted by molar-refractivity contribution is 6.08. The lowest BCUT2D eigenvalue weighted by Crippen LogP contribution is -2.52. The summed E-state index contributed by atoms with van der Waals surface area (Å²) in [5, 5.41) is 5.24. The first-order valence-corrected chi connectivity index (χ1v) is 10.4. The molecule has 2 aliphatic rings. The number of nitrogens with zero attached hydrogens (tertiary/aromatic N) is 5. The minimum Gasteiger partial charge on any atom is -0.336 e. The van der Waals surface area contributed by atoms with Gasteiger partial charge in [0.1, 0.15) is 0 Å². The van der Waals surface area contributed by atoms with Crippen molar-refractivity contribution in [2.24, 2.45) is 7.05 Å². The number of aryl methyl sites for hydroxylation is 3. The Bertz CT molecular complexity index is 1100. The molecule has 0 saturated carbocycles. The summed E-state index contributed by atoms with van der Waals surface area (Å²) in [6.45, 7) is 7.93. The Kier molecular flexibility index (Phi) is 4.39. The van der Waals surface area contributed by atoms with Crippen LogP contribution >= 0.6 is 0 Å². The molecule has 0 spiro atoms. The Morgan fingerprint density at radius 3 is 2.79 bits per heavy atom. The van der Waals surface area contributed by atoms with E-state index in [1.54, 1.807) is 4.68 Å².